The fourth-order valence-electron chi connectivity index (χ4n) is 2.04. The molecule has 0 aromatic carbocycles. The molecule has 0 spiro atoms. The van der Waals surface area contributed by atoms with E-state index in [9.17, 15) is 0 Å². The van der Waals surface area contributed by atoms with E-state index in [1.165, 1.54) is 32.3 Å². The topological polar surface area (TPSA) is 58.3 Å². The molecule has 0 bridgehead atoms. The van der Waals surface area contributed by atoms with Crippen LogP contribution in [0, 0.1) is 0 Å². The smallest absolute Gasteiger partial charge is 0.152 e. The highest BCUT2D eigenvalue weighted by Gasteiger charge is 2.14. The van der Waals surface area contributed by atoms with Gasteiger partial charge in [0.15, 0.2) is 5.82 Å². The van der Waals surface area contributed by atoms with Gasteiger partial charge >= 0.3 is 0 Å². The summed E-state index contributed by atoms with van der Waals surface area (Å²) in [7, 11) is 1.98. The standard InChI is InChI=1S/C11H18ClN5/c1-16(6-7-17-4-2-3-5-17)11-9(12)10(13)14-8-15-11/h8H,2-7H2,1H3,(H2,13,14,15). The Balaban J connectivity index is 1.94. The number of aromatic nitrogens is 2. The average molecular weight is 256 g/mol. The highest BCUT2D eigenvalue weighted by molar-refractivity contribution is 6.35. The summed E-state index contributed by atoms with van der Waals surface area (Å²) >= 11 is 6.08. The molecule has 17 heavy (non-hydrogen) atoms. The van der Waals surface area contributed by atoms with Crippen molar-refractivity contribution in [1.29, 1.82) is 0 Å². The molecule has 1 aromatic rings. The van der Waals surface area contributed by atoms with Crippen LogP contribution in [0.5, 0.6) is 0 Å². The number of hydrogen-bond donors (Lipinski definition) is 1. The first-order valence-electron chi connectivity index (χ1n) is 5.88. The third kappa shape index (κ3) is 2.98. The Bertz CT molecular complexity index is 378. The van der Waals surface area contributed by atoms with Crippen LogP contribution in [0.15, 0.2) is 6.33 Å². The summed E-state index contributed by atoms with van der Waals surface area (Å²) in [6.45, 7) is 4.34. The minimum atomic E-state index is 0.338. The van der Waals surface area contributed by atoms with Crippen molar-refractivity contribution in [2.75, 3.05) is 43.9 Å². The van der Waals surface area contributed by atoms with Crippen molar-refractivity contribution in [3.63, 3.8) is 0 Å². The summed E-state index contributed by atoms with van der Waals surface area (Å²) in [4.78, 5) is 12.5. The van der Waals surface area contributed by atoms with Gasteiger partial charge in [0.1, 0.15) is 17.2 Å². The van der Waals surface area contributed by atoms with E-state index in [0.717, 1.165) is 13.1 Å². The van der Waals surface area contributed by atoms with E-state index in [1.54, 1.807) is 0 Å². The van der Waals surface area contributed by atoms with Gasteiger partial charge in [0.05, 0.1) is 0 Å². The summed E-state index contributed by atoms with van der Waals surface area (Å²) < 4.78 is 0. The number of halogens is 1. The monoisotopic (exact) mass is 255 g/mol. The normalized spacial score (nSPS) is 16.4. The average Bonchev–Trinajstić information content (AvgIpc) is 2.82. The van der Waals surface area contributed by atoms with Crippen molar-refractivity contribution in [1.82, 2.24) is 14.9 Å². The van der Waals surface area contributed by atoms with Crippen molar-refractivity contribution < 1.29 is 0 Å². The molecular formula is C11H18ClN5. The highest BCUT2D eigenvalue weighted by atomic mass is 35.5. The SMILES string of the molecule is CN(CCN1CCCC1)c1ncnc(N)c1Cl. The fourth-order valence-corrected chi connectivity index (χ4v) is 2.29. The van der Waals surface area contributed by atoms with Crippen LogP contribution in [-0.2, 0) is 0 Å². The molecule has 6 heteroatoms. The van der Waals surface area contributed by atoms with Gasteiger partial charge in [-0.25, -0.2) is 9.97 Å². The van der Waals surface area contributed by atoms with Crippen molar-refractivity contribution in [3.05, 3.63) is 11.3 Å². The van der Waals surface area contributed by atoms with Crippen LogP contribution >= 0.6 is 11.6 Å². The summed E-state index contributed by atoms with van der Waals surface area (Å²) in [5, 5.41) is 0.441. The Hall–Kier alpha value is -1.07. The quantitative estimate of drug-likeness (QED) is 0.877. The first kappa shape index (κ1) is 12.4. The minimum Gasteiger partial charge on any atom is -0.382 e. The molecule has 0 saturated carbocycles. The zero-order chi connectivity index (χ0) is 12.3. The van der Waals surface area contributed by atoms with Crippen LogP contribution in [0.25, 0.3) is 0 Å². The number of anilines is 2. The third-order valence-corrected chi connectivity index (χ3v) is 3.47. The number of likely N-dealkylation sites (N-methyl/N-ethyl adjacent to an activating group) is 1. The number of rotatable bonds is 4. The van der Waals surface area contributed by atoms with E-state index in [1.807, 2.05) is 11.9 Å². The summed E-state index contributed by atoms with van der Waals surface area (Å²) in [6, 6.07) is 0. The zero-order valence-corrected chi connectivity index (χ0v) is 10.8. The van der Waals surface area contributed by atoms with Crippen molar-refractivity contribution in [3.8, 4) is 0 Å². The molecule has 2 heterocycles. The van der Waals surface area contributed by atoms with E-state index in [-0.39, 0.29) is 0 Å². The Morgan fingerprint density at radius 2 is 2.12 bits per heavy atom. The predicted octanol–water partition coefficient (Wildman–Crippen LogP) is 1.24. The first-order valence-corrected chi connectivity index (χ1v) is 6.25. The van der Waals surface area contributed by atoms with Gasteiger partial charge < -0.3 is 15.5 Å². The lowest BCUT2D eigenvalue weighted by Crippen LogP contribution is -2.32. The molecule has 1 aliphatic heterocycles. The van der Waals surface area contributed by atoms with Gasteiger partial charge in [-0.05, 0) is 25.9 Å². The molecule has 2 rings (SSSR count). The molecule has 1 aromatic heterocycles. The van der Waals surface area contributed by atoms with E-state index in [2.05, 4.69) is 14.9 Å². The van der Waals surface area contributed by atoms with Crippen molar-refractivity contribution in [2.45, 2.75) is 12.8 Å². The maximum absolute atomic E-state index is 6.08. The van der Waals surface area contributed by atoms with Crippen LogP contribution in [0.4, 0.5) is 11.6 Å². The van der Waals surface area contributed by atoms with Crippen LogP contribution in [-0.4, -0.2) is 48.1 Å². The van der Waals surface area contributed by atoms with Gasteiger partial charge in [-0.2, -0.15) is 0 Å². The maximum atomic E-state index is 6.08. The number of hydrogen-bond acceptors (Lipinski definition) is 5. The lowest BCUT2D eigenvalue weighted by atomic mass is 10.4. The fraction of sp³-hybridized carbons (Fsp3) is 0.636. The molecule has 0 radical (unpaired) electrons. The lowest BCUT2D eigenvalue weighted by Gasteiger charge is -2.23. The second-order valence-corrected chi connectivity index (χ2v) is 4.74. The number of nitrogens with two attached hydrogens (primary N) is 1. The van der Waals surface area contributed by atoms with Gasteiger partial charge in [-0.3, -0.25) is 0 Å². The maximum Gasteiger partial charge on any atom is 0.152 e. The second kappa shape index (κ2) is 5.51. The molecule has 0 unspecified atom stereocenters. The second-order valence-electron chi connectivity index (χ2n) is 4.37. The van der Waals surface area contributed by atoms with E-state index < -0.39 is 0 Å². The van der Waals surface area contributed by atoms with Gasteiger partial charge in [-0.1, -0.05) is 11.6 Å². The highest BCUT2D eigenvalue weighted by Crippen LogP contribution is 2.25. The van der Waals surface area contributed by atoms with E-state index in [4.69, 9.17) is 17.3 Å². The van der Waals surface area contributed by atoms with Gasteiger partial charge in [0.25, 0.3) is 0 Å². The van der Waals surface area contributed by atoms with Gasteiger partial charge in [-0.15, -0.1) is 0 Å². The predicted molar refractivity (Wildman–Crippen MR) is 70.4 cm³/mol. The molecule has 1 aliphatic rings. The number of nitrogen functional groups attached to an aromatic ring is 1. The van der Waals surface area contributed by atoms with E-state index >= 15 is 0 Å². The molecule has 1 saturated heterocycles. The lowest BCUT2D eigenvalue weighted by molar-refractivity contribution is 0.346. The molecule has 2 N–H and O–H groups in total. The Labute approximate surface area is 107 Å². The van der Waals surface area contributed by atoms with Crippen molar-refractivity contribution >= 4 is 23.2 Å². The Kier molecular flexibility index (Phi) is 4.02. The molecule has 0 aliphatic carbocycles. The summed E-state index contributed by atoms with van der Waals surface area (Å²) in [5.74, 6) is 1.04. The van der Waals surface area contributed by atoms with Crippen LogP contribution in [0.3, 0.4) is 0 Å². The van der Waals surface area contributed by atoms with E-state index in [0.29, 0.717) is 16.7 Å². The molecular weight excluding hydrogens is 238 g/mol. The zero-order valence-electron chi connectivity index (χ0n) is 10.1. The largest absolute Gasteiger partial charge is 0.382 e. The Morgan fingerprint density at radius 1 is 1.41 bits per heavy atom. The summed E-state index contributed by atoms with van der Waals surface area (Å²) in [5.41, 5.74) is 5.66. The van der Waals surface area contributed by atoms with Crippen LogP contribution < -0.4 is 10.6 Å². The van der Waals surface area contributed by atoms with Crippen LogP contribution in [0.2, 0.25) is 5.02 Å². The number of likely N-dealkylation sites (tertiary alicyclic amines) is 1. The minimum absolute atomic E-state index is 0.338. The Morgan fingerprint density at radius 3 is 2.82 bits per heavy atom. The van der Waals surface area contributed by atoms with Crippen LogP contribution in [0.1, 0.15) is 12.8 Å². The molecule has 94 valence electrons. The van der Waals surface area contributed by atoms with Crippen molar-refractivity contribution in [2.24, 2.45) is 0 Å². The molecule has 1 fully saturated rings. The van der Waals surface area contributed by atoms with Gasteiger partial charge in [0.2, 0.25) is 0 Å². The molecule has 0 amide bonds. The van der Waals surface area contributed by atoms with Gasteiger partial charge in [0, 0.05) is 20.1 Å². The number of nitrogens with zero attached hydrogens (tertiary/aromatic N) is 4. The molecule has 0 atom stereocenters. The summed E-state index contributed by atoms with van der Waals surface area (Å²) in [6.07, 6.45) is 4.07. The molecule has 5 nitrogen and oxygen atoms in total. The third-order valence-electron chi connectivity index (χ3n) is 3.11. The first-order chi connectivity index (χ1) is 8.18.